The Hall–Kier alpha value is -2.80. The molecule has 0 fully saturated rings. The summed E-state index contributed by atoms with van der Waals surface area (Å²) in [4.78, 5) is 11.6. The number of Topliss-reactive ketones (excluding diaryl/α,β-unsaturated/α-hetero) is 1. The van der Waals surface area contributed by atoms with Gasteiger partial charge in [0.25, 0.3) is 0 Å². The number of carbonyl (C=O) groups excluding carboxylic acids is 1. The molecule has 0 N–H and O–H groups in total. The molecule has 4 nitrogen and oxygen atoms in total. The fraction of sp³-hybridized carbons (Fsp3) is 0.176. The van der Waals surface area contributed by atoms with Gasteiger partial charge in [0, 0.05) is 0 Å². The number of ether oxygens (including phenoxy) is 2. The van der Waals surface area contributed by atoms with Crippen LogP contribution in [0.2, 0.25) is 0 Å². The highest BCUT2D eigenvalue weighted by atomic mass is 16.5. The Kier molecular flexibility index (Phi) is 4.57. The van der Waals surface area contributed by atoms with Gasteiger partial charge in [-0.25, -0.2) is 0 Å². The molecule has 21 heavy (non-hydrogen) atoms. The van der Waals surface area contributed by atoms with Gasteiger partial charge in [-0.3, -0.25) is 4.79 Å². The summed E-state index contributed by atoms with van der Waals surface area (Å²) in [6, 6.07) is 14.3. The Morgan fingerprint density at radius 1 is 1.19 bits per heavy atom. The molecule has 0 aliphatic carbocycles. The Morgan fingerprint density at radius 2 is 1.90 bits per heavy atom. The standard InChI is InChI=1S/C17H15NO3/c1-12(19)16-8-5-14(10-18)9-17(16)21-11-13-3-6-15(20-2)7-4-13/h3-9H,11H2,1-2H3. The van der Waals surface area contributed by atoms with Crippen LogP contribution in [-0.4, -0.2) is 12.9 Å². The number of carbonyl (C=O) groups is 1. The van der Waals surface area contributed by atoms with Crippen molar-refractivity contribution >= 4 is 5.78 Å². The summed E-state index contributed by atoms with van der Waals surface area (Å²) in [7, 11) is 1.61. The lowest BCUT2D eigenvalue weighted by Gasteiger charge is -2.10. The molecule has 2 aromatic rings. The maximum atomic E-state index is 11.6. The van der Waals surface area contributed by atoms with Gasteiger partial charge < -0.3 is 9.47 Å². The first-order valence-electron chi connectivity index (χ1n) is 6.45. The number of nitriles is 1. The molecule has 0 radical (unpaired) electrons. The highest BCUT2D eigenvalue weighted by Crippen LogP contribution is 2.22. The van der Waals surface area contributed by atoms with E-state index in [0.717, 1.165) is 11.3 Å². The van der Waals surface area contributed by atoms with Crippen LogP contribution in [0, 0.1) is 11.3 Å². The minimum Gasteiger partial charge on any atom is -0.497 e. The largest absolute Gasteiger partial charge is 0.497 e. The van der Waals surface area contributed by atoms with Crippen LogP contribution >= 0.6 is 0 Å². The average molecular weight is 281 g/mol. The van der Waals surface area contributed by atoms with Crippen molar-refractivity contribution in [1.29, 1.82) is 5.26 Å². The van der Waals surface area contributed by atoms with Crippen molar-refractivity contribution in [1.82, 2.24) is 0 Å². The number of hydrogen-bond donors (Lipinski definition) is 0. The van der Waals surface area contributed by atoms with Gasteiger partial charge in [0.15, 0.2) is 5.78 Å². The highest BCUT2D eigenvalue weighted by Gasteiger charge is 2.10. The van der Waals surface area contributed by atoms with E-state index in [9.17, 15) is 4.79 Å². The van der Waals surface area contributed by atoms with Crippen LogP contribution in [0.1, 0.15) is 28.4 Å². The first-order valence-corrected chi connectivity index (χ1v) is 6.45. The van der Waals surface area contributed by atoms with Crippen molar-refractivity contribution in [2.24, 2.45) is 0 Å². The van der Waals surface area contributed by atoms with Crippen LogP contribution in [0.4, 0.5) is 0 Å². The summed E-state index contributed by atoms with van der Waals surface area (Å²) in [5, 5.41) is 8.93. The highest BCUT2D eigenvalue weighted by molar-refractivity contribution is 5.97. The lowest BCUT2D eigenvalue weighted by Crippen LogP contribution is -2.02. The van der Waals surface area contributed by atoms with Crippen molar-refractivity contribution < 1.29 is 14.3 Å². The first-order chi connectivity index (χ1) is 10.1. The monoisotopic (exact) mass is 281 g/mol. The normalized spacial score (nSPS) is 9.76. The first kappa shape index (κ1) is 14.6. The predicted octanol–water partition coefficient (Wildman–Crippen LogP) is 3.35. The van der Waals surface area contributed by atoms with Crippen molar-refractivity contribution in [3.63, 3.8) is 0 Å². The number of rotatable bonds is 5. The molecule has 0 aromatic heterocycles. The number of methoxy groups -OCH3 is 1. The molecule has 0 unspecified atom stereocenters. The summed E-state index contributed by atoms with van der Waals surface area (Å²) in [5.74, 6) is 1.11. The van der Waals surface area contributed by atoms with Crippen molar-refractivity contribution in [3.8, 4) is 17.6 Å². The van der Waals surface area contributed by atoms with E-state index in [1.54, 1.807) is 25.3 Å². The van der Waals surface area contributed by atoms with Crippen LogP contribution in [0.5, 0.6) is 11.5 Å². The summed E-state index contributed by atoms with van der Waals surface area (Å²) in [5.41, 5.74) is 1.89. The number of benzene rings is 2. The van der Waals surface area contributed by atoms with E-state index in [0.29, 0.717) is 23.5 Å². The van der Waals surface area contributed by atoms with Crippen molar-refractivity contribution in [2.45, 2.75) is 13.5 Å². The lowest BCUT2D eigenvalue weighted by molar-refractivity contribution is 0.101. The molecule has 0 aliphatic rings. The molecule has 0 aliphatic heterocycles. The fourth-order valence-electron chi connectivity index (χ4n) is 1.89. The second kappa shape index (κ2) is 6.58. The average Bonchev–Trinajstić information content (AvgIpc) is 2.52. The van der Waals surface area contributed by atoms with E-state index in [1.165, 1.54) is 6.92 Å². The molecule has 2 aromatic carbocycles. The van der Waals surface area contributed by atoms with E-state index < -0.39 is 0 Å². The van der Waals surface area contributed by atoms with E-state index in [-0.39, 0.29) is 5.78 Å². The molecule has 0 atom stereocenters. The van der Waals surface area contributed by atoms with E-state index in [4.69, 9.17) is 14.7 Å². The minimum absolute atomic E-state index is 0.0933. The zero-order chi connectivity index (χ0) is 15.2. The molecular formula is C17H15NO3. The molecule has 0 spiro atoms. The van der Waals surface area contributed by atoms with Crippen LogP contribution in [0.3, 0.4) is 0 Å². The fourth-order valence-corrected chi connectivity index (χ4v) is 1.89. The van der Waals surface area contributed by atoms with E-state index in [2.05, 4.69) is 0 Å². The maximum Gasteiger partial charge on any atom is 0.163 e. The summed E-state index contributed by atoms with van der Waals surface area (Å²) < 4.78 is 10.8. The van der Waals surface area contributed by atoms with Gasteiger partial charge in [0.2, 0.25) is 0 Å². The lowest BCUT2D eigenvalue weighted by atomic mass is 10.1. The second-order valence-corrected chi connectivity index (χ2v) is 4.52. The third-order valence-corrected chi connectivity index (χ3v) is 3.04. The third kappa shape index (κ3) is 3.61. The molecule has 4 heteroatoms. The smallest absolute Gasteiger partial charge is 0.163 e. The Labute approximate surface area is 123 Å². The predicted molar refractivity (Wildman–Crippen MR) is 78.5 cm³/mol. The van der Waals surface area contributed by atoms with Crippen LogP contribution < -0.4 is 9.47 Å². The molecular weight excluding hydrogens is 266 g/mol. The molecule has 2 rings (SSSR count). The number of hydrogen-bond acceptors (Lipinski definition) is 4. The molecule has 106 valence electrons. The molecule has 0 saturated carbocycles. The van der Waals surface area contributed by atoms with Gasteiger partial charge in [-0.1, -0.05) is 12.1 Å². The van der Waals surface area contributed by atoms with Gasteiger partial charge in [-0.2, -0.15) is 5.26 Å². The number of nitrogens with zero attached hydrogens (tertiary/aromatic N) is 1. The quantitative estimate of drug-likeness (QED) is 0.788. The van der Waals surface area contributed by atoms with Gasteiger partial charge in [0.05, 0.1) is 24.3 Å². The number of ketones is 1. The van der Waals surface area contributed by atoms with Crippen LogP contribution in [-0.2, 0) is 6.61 Å². The molecule has 0 saturated heterocycles. The molecule has 0 amide bonds. The summed E-state index contributed by atoms with van der Waals surface area (Å²) in [6.45, 7) is 1.79. The van der Waals surface area contributed by atoms with Gasteiger partial charge in [-0.05, 0) is 42.8 Å². The minimum atomic E-state index is -0.0933. The third-order valence-electron chi connectivity index (χ3n) is 3.04. The zero-order valence-corrected chi connectivity index (χ0v) is 11.9. The second-order valence-electron chi connectivity index (χ2n) is 4.52. The van der Waals surface area contributed by atoms with E-state index in [1.807, 2.05) is 30.3 Å². The van der Waals surface area contributed by atoms with Gasteiger partial charge >= 0.3 is 0 Å². The van der Waals surface area contributed by atoms with Crippen LogP contribution in [0.25, 0.3) is 0 Å². The Morgan fingerprint density at radius 3 is 2.48 bits per heavy atom. The van der Waals surface area contributed by atoms with Crippen molar-refractivity contribution in [3.05, 3.63) is 59.2 Å². The van der Waals surface area contributed by atoms with Crippen molar-refractivity contribution in [2.75, 3.05) is 7.11 Å². The summed E-state index contributed by atoms with van der Waals surface area (Å²) >= 11 is 0. The summed E-state index contributed by atoms with van der Waals surface area (Å²) in [6.07, 6.45) is 0. The van der Waals surface area contributed by atoms with Gasteiger partial charge in [0.1, 0.15) is 18.1 Å². The topological polar surface area (TPSA) is 59.3 Å². The SMILES string of the molecule is COc1ccc(COc2cc(C#N)ccc2C(C)=O)cc1. The Bertz CT molecular complexity index is 684. The van der Waals surface area contributed by atoms with Crippen LogP contribution in [0.15, 0.2) is 42.5 Å². The Balaban J connectivity index is 2.18. The molecule has 0 bridgehead atoms. The maximum absolute atomic E-state index is 11.6. The zero-order valence-electron chi connectivity index (χ0n) is 11.9. The van der Waals surface area contributed by atoms with E-state index >= 15 is 0 Å². The van der Waals surface area contributed by atoms with Gasteiger partial charge in [-0.15, -0.1) is 0 Å². The molecule has 0 heterocycles.